The molecule has 0 radical (unpaired) electrons. The highest BCUT2D eigenvalue weighted by Crippen LogP contribution is 2.48. The molecule has 2 fully saturated rings. The Morgan fingerprint density at radius 3 is 2.44 bits per heavy atom. The molecule has 2 amide bonds. The molecule has 2 aromatic rings. The highest BCUT2D eigenvalue weighted by Gasteiger charge is 2.43. The van der Waals surface area contributed by atoms with E-state index in [0.717, 1.165) is 17.7 Å². The van der Waals surface area contributed by atoms with E-state index in [4.69, 9.17) is 4.74 Å². The van der Waals surface area contributed by atoms with Crippen molar-refractivity contribution in [3.8, 4) is 0 Å². The van der Waals surface area contributed by atoms with Gasteiger partial charge in [0.05, 0.1) is 18.3 Å². The van der Waals surface area contributed by atoms with Gasteiger partial charge in [-0.3, -0.25) is 9.69 Å². The third-order valence-electron chi connectivity index (χ3n) is 6.42. The van der Waals surface area contributed by atoms with Gasteiger partial charge in [-0.25, -0.2) is 14.2 Å². The van der Waals surface area contributed by atoms with Gasteiger partial charge in [0.15, 0.2) is 0 Å². The molecule has 2 aliphatic rings. The summed E-state index contributed by atoms with van der Waals surface area (Å²) in [6.07, 6.45) is -0.388. The Hall–Kier alpha value is -3.03. The lowest BCUT2D eigenvalue weighted by Gasteiger charge is -2.29. The number of pyridine rings is 1. The number of amides is 2. The summed E-state index contributed by atoms with van der Waals surface area (Å²) >= 11 is 0. The highest BCUT2D eigenvalue weighted by atomic mass is 19.1. The van der Waals surface area contributed by atoms with E-state index < -0.39 is 41.8 Å². The van der Waals surface area contributed by atoms with Crippen molar-refractivity contribution in [2.24, 2.45) is 0 Å². The van der Waals surface area contributed by atoms with Gasteiger partial charge in [0.1, 0.15) is 17.8 Å². The second-order valence-electron chi connectivity index (χ2n) is 10.5. The summed E-state index contributed by atoms with van der Waals surface area (Å²) in [5, 5.41) is 2.88. The third-order valence-corrected chi connectivity index (χ3v) is 6.42. The Morgan fingerprint density at radius 2 is 1.85 bits per heavy atom. The number of hydrogen-bond donors (Lipinski definition) is 1. The number of carbonyl (C=O) groups excluding carboxylic acids is 2. The van der Waals surface area contributed by atoms with Crippen LogP contribution in [0, 0.1) is 5.95 Å². The molecule has 0 bridgehead atoms. The van der Waals surface area contributed by atoms with Gasteiger partial charge in [0.25, 0.3) is 0 Å². The average molecular weight is 472 g/mol. The van der Waals surface area contributed by atoms with Crippen molar-refractivity contribution in [2.75, 3.05) is 6.54 Å². The zero-order valence-electron chi connectivity index (χ0n) is 20.0. The van der Waals surface area contributed by atoms with Crippen LogP contribution in [-0.2, 0) is 14.9 Å². The molecule has 1 aromatic carbocycles. The molecular formula is C26H31F2N3O3. The zero-order chi connectivity index (χ0) is 24.7. The van der Waals surface area contributed by atoms with Gasteiger partial charge in [0, 0.05) is 12.0 Å². The van der Waals surface area contributed by atoms with Crippen molar-refractivity contribution in [3.05, 3.63) is 65.2 Å². The highest BCUT2D eigenvalue weighted by molar-refractivity contribution is 5.87. The molecule has 1 aromatic heterocycles. The third kappa shape index (κ3) is 5.21. The van der Waals surface area contributed by atoms with Crippen LogP contribution in [0.25, 0.3) is 0 Å². The normalized spacial score (nSPS) is 22.2. The SMILES string of the molecule is CC(C)(C)OC(=O)N1C[C@H](F)C[C@H]1C(=O)NC(c1ccccc1)c1ccc(C2(C)CC2)c(F)n1. The topological polar surface area (TPSA) is 71.5 Å². The first-order valence-electron chi connectivity index (χ1n) is 11.6. The molecule has 4 rings (SSSR count). The average Bonchev–Trinajstić information content (AvgIpc) is 3.38. The predicted octanol–water partition coefficient (Wildman–Crippen LogP) is 4.83. The molecule has 1 saturated carbocycles. The number of aromatic nitrogens is 1. The maximum Gasteiger partial charge on any atom is 0.411 e. The number of nitrogens with zero attached hydrogens (tertiary/aromatic N) is 2. The summed E-state index contributed by atoms with van der Waals surface area (Å²) in [5.74, 6) is -1.09. The van der Waals surface area contributed by atoms with E-state index in [1.54, 1.807) is 45.0 Å². The van der Waals surface area contributed by atoms with Gasteiger partial charge in [-0.05, 0) is 50.7 Å². The number of rotatable bonds is 5. The number of likely N-dealkylation sites (tertiary alicyclic amines) is 1. The number of nitrogens with one attached hydrogen (secondary N) is 1. The maximum absolute atomic E-state index is 14.9. The van der Waals surface area contributed by atoms with Gasteiger partial charge >= 0.3 is 6.09 Å². The number of hydrogen-bond acceptors (Lipinski definition) is 4. The number of benzene rings is 1. The summed E-state index contributed by atoms with van der Waals surface area (Å²) in [6.45, 7) is 6.91. The Balaban J connectivity index is 1.60. The fourth-order valence-electron chi connectivity index (χ4n) is 4.28. The summed E-state index contributed by atoms with van der Waals surface area (Å²) in [5.41, 5.74) is 0.645. The van der Waals surface area contributed by atoms with E-state index in [1.165, 1.54) is 0 Å². The van der Waals surface area contributed by atoms with Crippen molar-refractivity contribution in [3.63, 3.8) is 0 Å². The van der Waals surface area contributed by atoms with Crippen LogP contribution < -0.4 is 5.32 Å². The lowest BCUT2D eigenvalue weighted by molar-refractivity contribution is -0.126. The number of halogens is 2. The lowest BCUT2D eigenvalue weighted by atomic mass is 9.97. The maximum atomic E-state index is 14.9. The van der Waals surface area contributed by atoms with Gasteiger partial charge < -0.3 is 10.1 Å². The minimum absolute atomic E-state index is 0.133. The first-order valence-corrected chi connectivity index (χ1v) is 11.6. The zero-order valence-corrected chi connectivity index (χ0v) is 20.0. The largest absolute Gasteiger partial charge is 0.444 e. The standard InChI is InChI=1S/C26H31F2N3O3/c1-25(2,3)34-24(33)31-15-17(27)14-20(31)23(32)30-21(16-8-6-5-7-9-16)19-11-10-18(22(28)29-19)26(4)12-13-26/h5-11,17,20-21H,12-15H2,1-4H3,(H,30,32)/t17-,20+,21?/m1/s1. The molecule has 1 N–H and O–H groups in total. The fraction of sp³-hybridized carbons (Fsp3) is 0.500. The molecule has 1 saturated heterocycles. The van der Waals surface area contributed by atoms with Crippen molar-refractivity contribution < 1.29 is 23.1 Å². The van der Waals surface area contributed by atoms with Gasteiger partial charge in [0.2, 0.25) is 11.9 Å². The Bertz CT molecular complexity index is 1070. The van der Waals surface area contributed by atoms with Crippen LogP contribution in [0.2, 0.25) is 0 Å². The molecule has 1 aliphatic carbocycles. The van der Waals surface area contributed by atoms with E-state index in [1.807, 2.05) is 25.1 Å². The summed E-state index contributed by atoms with van der Waals surface area (Å²) in [7, 11) is 0. The van der Waals surface area contributed by atoms with E-state index >= 15 is 0 Å². The molecule has 1 aliphatic heterocycles. The molecule has 182 valence electrons. The van der Waals surface area contributed by atoms with Gasteiger partial charge in [-0.15, -0.1) is 0 Å². The fourth-order valence-corrected chi connectivity index (χ4v) is 4.28. The summed E-state index contributed by atoms with van der Waals surface area (Å²) in [4.78, 5) is 31.2. The monoisotopic (exact) mass is 471 g/mol. The van der Waals surface area contributed by atoms with Crippen LogP contribution in [0.15, 0.2) is 42.5 Å². The molecule has 34 heavy (non-hydrogen) atoms. The van der Waals surface area contributed by atoms with Crippen LogP contribution in [0.4, 0.5) is 13.6 Å². The molecular weight excluding hydrogens is 440 g/mol. The lowest BCUT2D eigenvalue weighted by Crippen LogP contribution is -2.48. The minimum Gasteiger partial charge on any atom is -0.444 e. The van der Waals surface area contributed by atoms with E-state index in [0.29, 0.717) is 16.8 Å². The second-order valence-corrected chi connectivity index (χ2v) is 10.5. The molecule has 3 atom stereocenters. The van der Waals surface area contributed by atoms with E-state index in [-0.39, 0.29) is 18.4 Å². The van der Waals surface area contributed by atoms with E-state index in [9.17, 15) is 18.4 Å². The van der Waals surface area contributed by atoms with Crippen molar-refractivity contribution in [1.29, 1.82) is 0 Å². The molecule has 0 spiro atoms. The van der Waals surface area contributed by atoms with Crippen LogP contribution in [-0.4, -0.2) is 46.2 Å². The smallest absolute Gasteiger partial charge is 0.411 e. The predicted molar refractivity (Wildman–Crippen MR) is 123 cm³/mol. The first kappa shape index (κ1) is 24.1. The van der Waals surface area contributed by atoms with E-state index in [2.05, 4.69) is 10.3 Å². The van der Waals surface area contributed by atoms with Gasteiger partial charge in [-0.1, -0.05) is 43.3 Å². The van der Waals surface area contributed by atoms with Crippen molar-refractivity contribution in [2.45, 2.75) is 76.2 Å². The number of alkyl halides is 1. The van der Waals surface area contributed by atoms with Crippen LogP contribution in [0.5, 0.6) is 0 Å². The number of carbonyl (C=O) groups is 2. The first-order chi connectivity index (χ1) is 16.0. The Labute approximate surface area is 198 Å². The molecule has 1 unspecified atom stereocenters. The Kier molecular flexibility index (Phi) is 6.36. The van der Waals surface area contributed by atoms with Crippen LogP contribution in [0.3, 0.4) is 0 Å². The number of ether oxygens (including phenoxy) is 1. The minimum atomic E-state index is -1.34. The van der Waals surface area contributed by atoms with Crippen molar-refractivity contribution >= 4 is 12.0 Å². The van der Waals surface area contributed by atoms with Crippen LogP contribution in [0.1, 0.15) is 69.8 Å². The summed E-state index contributed by atoms with van der Waals surface area (Å²) in [6, 6.07) is 10.7. The molecule has 8 heteroatoms. The van der Waals surface area contributed by atoms with Crippen LogP contribution >= 0.6 is 0 Å². The second kappa shape index (κ2) is 8.96. The Morgan fingerprint density at radius 1 is 1.18 bits per heavy atom. The summed E-state index contributed by atoms with van der Waals surface area (Å²) < 4.78 is 34.6. The molecule has 2 heterocycles. The van der Waals surface area contributed by atoms with Crippen molar-refractivity contribution in [1.82, 2.24) is 15.2 Å². The molecule has 6 nitrogen and oxygen atoms in total. The quantitative estimate of drug-likeness (QED) is 0.635. The van der Waals surface area contributed by atoms with Gasteiger partial charge in [-0.2, -0.15) is 4.39 Å².